The maximum absolute atomic E-state index is 11.5. The third kappa shape index (κ3) is 3.27. The minimum atomic E-state index is -0.124. The van der Waals surface area contributed by atoms with Crippen LogP contribution in [0.15, 0.2) is 0 Å². The number of ether oxygens (including phenoxy) is 1. The Morgan fingerprint density at radius 3 is 2.43 bits per heavy atom. The van der Waals surface area contributed by atoms with Gasteiger partial charge in [0.15, 0.2) is 0 Å². The van der Waals surface area contributed by atoms with E-state index in [9.17, 15) is 9.90 Å². The molecule has 0 aromatic rings. The molecular formula is C26H43NO3. The van der Waals surface area contributed by atoms with Crippen molar-refractivity contribution in [3.05, 3.63) is 0 Å². The first-order valence-corrected chi connectivity index (χ1v) is 12.9. The van der Waals surface area contributed by atoms with Gasteiger partial charge in [-0.2, -0.15) is 0 Å². The molecule has 4 saturated carbocycles. The summed E-state index contributed by atoms with van der Waals surface area (Å²) in [5.74, 6) is 2.79. The Morgan fingerprint density at radius 2 is 1.70 bits per heavy atom. The Morgan fingerprint density at radius 1 is 0.967 bits per heavy atom. The van der Waals surface area contributed by atoms with E-state index in [4.69, 9.17) is 4.74 Å². The Labute approximate surface area is 183 Å². The molecule has 4 aliphatic carbocycles. The first kappa shape index (κ1) is 21.2. The number of rotatable bonds is 2. The molecule has 0 aromatic heterocycles. The molecule has 1 saturated heterocycles. The van der Waals surface area contributed by atoms with Gasteiger partial charge in [-0.25, -0.2) is 0 Å². The minimum Gasteiger partial charge on any atom is -0.463 e. The second-order valence-corrected chi connectivity index (χ2v) is 12.0. The highest BCUT2D eigenvalue weighted by atomic mass is 16.5. The fourth-order valence-electron chi connectivity index (χ4n) is 9.22. The van der Waals surface area contributed by atoms with Crippen molar-refractivity contribution in [2.24, 2.45) is 34.5 Å². The molecule has 30 heavy (non-hydrogen) atoms. The number of hydrogen-bond donors (Lipinski definition) is 1. The van der Waals surface area contributed by atoms with E-state index in [1.165, 1.54) is 64.5 Å². The van der Waals surface area contributed by atoms with Crippen LogP contribution < -0.4 is 0 Å². The highest BCUT2D eigenvalue weighted by Crippen LogP contribution is 2.66. The normalized spacial score (nSPS) is 51.5. The molecule has 5 aliphatic rings. The van der Waals surface area contributed by atoms with Crippen LogP contribution in [0.3, 0.4) is 0 Å². The van der Waals surface area contributed by atoms with Crippen molar-refractivity contribution < 1.29 is 14.6 Å². The molecule has 0 radical (unpaired) electrons. The van der Waals surface area contributed by atoms with Crippen LogP contribution in [0.25, 0.3) is 0 Å². The fourth-order valence-corrected chi connectivity index (χ4v) is 9.22. The molecule has 9 atom stereocenters. The van der Waals surface area contributed by atoms with Crippen molar-refractivity contribution in [1.29, 1.82) is 0 Å². The molecule has 0 aromatic carbocycles. The lowest BCUT2D eigenvalue weighted by molar-refractivity contribution is -0.163. The number of fused-ring (bicyclic) bond motifs is 5. The maximum atomic E-state index is 11.5. The molecule has 4 heteroatoms. The molecule has 0 amide bonds. The molecular weight excluding hydrogens is 374 g/mol. The molecule has 1 N–H and O–H groups in total. The zero-order valence-corrected chi connectivity index (χ0v) is 19.4. The summed E-state index contributed by atoms with van der Waals surface area (Å²) in [6.07, 6.45) is 13.4. The van der Waals surface area contributed by atoms with Gasteiger partial charge in [-0.05, 0) is 112 Å². The van der Waals surface area contributed by atoms with Crippen LogP contribution in [0.4, 0.5) is 0 Å². The summed E-state index contributed by atoms with van der Waals surface area (Å²) in [6, 6.07) is 0.593. The average Bonchev–Trinajstić information content (AvgIpc) is 3.00. The van der Waals surface area contributed by atoms with Gasteiger partial charge < -0.3 is 9.84 Å². The molecule has 5 rings (SSSR count). The molecule has 0 spiro atoms. The van der Waals surface area contributed by atoms with Gasteiger partial charge in [0.1, 0.15) is 6.10 Å². The van der Waals surface area contributed by atoms with E-state index in [-0.39, 0.29) is 23.6 Å². The van der Waals surface area contributed by atoms with Crippen molar-refractivity contribution in [3.8, 4) is 0 Å². The average molecular weight is 418 g/mol. The lowest BCUT2D eigenvalue weighted by atomic mass is 9.44. The highest BCUT2D eigenvalue weighted by Gasteiger charge is 2.63. The summed E-state index contributed by atoms with van der Waals surface area (Å²) >= 11 is 0. The lowest BCUT2D eigenvalue weighted by Crippen LogP contribution is -2.57. The van der Waals surface area contributed by atoms with E-state index in [1.54, 1.807) is 6.92 Å². The van der Waals surface area contributed by atoms with Gasteiger partial charge in [-0.3, -0.25) is 9.69 Å². The number of piperidine rings is 1. The standard InChI is InChI=1S/C26H43NO3/c1-17(28)30-19-9-11-25(2)18(15-19)7-8-20-21(25)10-12-26(3)23(29)16-22(24(20)26)27-13-5-4-6-14-27/h18-24,29H,4-16H2,1-3H3/t18-,19?,20+,21-,22?,23?,24+,25-,26+/m0/s1. The molecule has 1 heterocycles. The number of aliphatic hydroxyl groups excluding tert-OH is 1. The number of nitrogens with zero attached hydrogens (tertiary/aromatic N) is 1. The van der Waals surface area contributed by atoms with Crippen LogP contribution in [-0.2, 0) is 9.53 Å². The largest absolute Gasteiger partial charge is 0.463 e. The predicted molar refractivity (Wildman–Crippen MR) is 118 cm³/mol. The lowest BCUT2D eigenvalue weighted by Gasteiger charge is -2.61. The highest BCUT2D eigenvalue weighted by molar-refractivity contribution is 5.66. The van der Waals surface area contributed by atoms with Gasteiger partial charge in [0.05, 0.1) is 6.10 Å². The SMILES string of the molecule is CC(=O)OC1CC[C@@]2(C)[C@@H](CC[C@@H]3[C@@H]2CC[C@]2(C)C(O)CC(N4CCCCC4)[C@@H]32)C1. The number of aliphatic hydroxyl groups is 1. The van der Waals surface area contributed by atoms with Gasteiger partial charge in [0, 0.05) is 13.0 Å². The molecule has 4 nitrogen and oxygen atoms in total. The molecule has 3 unspecified atom stereocenters. The Hall–Kier alpha value is -0.610. The van der Waals surface area contributed by atoms with Crippen molar-refractivity contribution in [2.45, 2.75) is 110 Å². The topological polar surface area (TPSA) is 49.8 Å². The molecule has 170 valence electrons. The Balaban J connectivity index is 1.39. The maximum Gasteiger partial charge on any atom is 0.302 e. The van der Waals surface area contributed by atoms with E-state index in [0.717, 1.165) is 31.1 Å². The van der Waals surface area contributed by atoms with E-state index in [1.807, 2.05) is 0 Å². The van der Waals surface area contributed by atoms with E-state index >= 15 is 0 Å². The van der Waals surface area contributed by atoms with Crippen molar-refractivity contribution in [3.63, 3.8) is 0 Å². The quantitative estimate of drug-likeness (QED) is 0.657. The molecule has 1 aliphatic heterocycles. The van der Waals surface area contributed by atoms with Crippen LogP contribution >= 0.6 is 0 Å². The van der Waals surface area contributed by atoms with Crippen LogP contribution in [-0.4, -0.2) is 47.3 Å². The van der Waals surface area contributed by atoms with Crippen LogP contribution in [0, 0.1) is 34.5 Å². The first-order chi connectivity index (χ1) is 14.3. The first-order valence-electron chi connectivity index (χ1n) is 12.9. The fraction of sp³-hybridized carbons (Fsp3) is 0.962. The van der Waals surface area contributed by atoms with Crippen LogP contribution in [0.1, 0.15) is 91.4 Å². The van der Waals surface area contributed by atoms with E-state index in [2.05, 4.69) is 18.7 Å². The van der Waals surface area contributed by atoms with Gasteiger partial charge in [-0.1, -0.05) is 20.3 Å². The van der Waals surface area contributed by atoms with Crippen LogP contribution in [0.5, 0.6) is 0 Å². The minimum absolute atomic E-state index is 0.113. The van der Waals surface area contributed by atoms with Crippen LogP contribution in [0.2, 0.25) is 0 Å². The number of likely N-dealkylation sites (tertiary alicyclic amines) is 1. The summed E-state index contributed by atoms with van der Waals surface area (Å²) in [4.78, 5) is 14.3. The number of hydrogen-bond acceptors (Lipinski definition) is 4. The van der Waals surface area contributed by atoms with E-state index in [0.29, 0.717) is 23.3 Å². The Kier molecular flexibility index (Phi) is 5.50. The second kappa shape index (κ2) is 7.76. The summed E-state index contributed by atoms with van der Waals surface area (Å²) in [6.45, 7) is 9.03. The van der Waals surface area contributed by atoms with E-state index < -0.39 is 0 Å². The Bertz CT molecular complexity index is 661. The smallest absolute Gasteiger partial charge is 0.302 e. The number of carbonyl (C=O) groups is 1. The summed E-state index contributed by atoms with van der Waals surface area (Å²) < 4.78 is 5.64. The second-order valence-electron chi connectivity index (χ2n) is 12.0. The number of esters is 1. The third-order valence-electron chi connectivity index (χ3n) is 10.7. The molecule has 5 fully saturated rings. The molecule has 0 bridgehead atoms. The summed E-state index contributed by atoms with van der Waals surface area (Å²) in [5, 5.41) is 11.2. The van der Waals surface area contributed by atoms with Gasteiger partial charge in [0.25, 0.3) is 0 Å². The van der Waals surface area contributed by atoms with Crippen molar-refractivity contribution in [2.75, 3.05) is 13.1 Å². The summed E-state index contributed by atoms with van der Waals surface area (Å²) in [5.41, 5.74) is 0.502. The van der Waals surface area contributed by atoms with Gasteiger partial charge >= 0.3 is 5.97 Å². The number of carbonyl (C=O) groups excluding carboxylic acids is 1. The van der Waals surface area contributed by atoms with Gasteiger partial charge in [0.2, 0.25) is 0 Å². The predicted octanol–water partition coefficient (Wildman–Crippen LogP) is 4.79. The monoisotopic (exact) mass is 417 g/mol. The third-order valence-corrected chi connectivity index (χ3v) is 10.7. The van der Waals surface area contributed by atoms with Gasteiger partial charge in [-0.15, -0.1) is 0 Å². The van der Waals surface area contributed by atoms with Crippen molar-refractivity contribution >= 4 is 5.97 Å². The summed E-state index contributed by atoms with van der Waals surface area (Å²) in [7, 11) is 0. The van der Waals surface area contributed by atoms with Crippen molar-refractivity contribution in [1.82, 2.24) is 4.90 Å². The zero-order valence-electron chi connectivity index (χ0n) is 19.4. The zero-order chi connectivity index (χ0) is 21.1.